The van der Waals surface area contributed by atoms with Gasteiger partial charge in [0.25, 0.3) is 0 Å². The second-order valence-corrected chi connectivity index (χ2v) is 7.18. The van der Waals surface area contributed by atoms with Crippen molar-refractivity contribution < 1.29 is 4.74 Å². The van der Waals surface area contributed by atoms with Crippen molar-refractivity contribution in [2.75, 3.05) is 52.5 Å². The molecule has 2 N–H and O–H groups in total. The van der Waals surface area contributed by atoms with Crippen LogP contribution in [0.4, 0.5) is 0 Å². The van der Waals surface area contributed by atoms with Gasteiger partial charge in [-0.25, -0.2) is 0 Å². The molecular weight excluding hydrogens is 300 g/mol. The number of hydrogen-bond donors (Lipinski definition) is 2. The van der Waals surface area contributed by atoms with Crippen LogP contribution < -0.4 is 10.6 Å². The second kappa shape index (κ2) is 13.5. The molecule has 0 amide bonds. The molecule has 0 saturated carbocycles. The fourth-order valence-electron chi connectivity index (χ4n) is 3.00. The summed E-state index contributed by atoms with van der Waals surface area (Å²) in [4.78, 5) is 7.20. The number of piperidine rings is 1. The van der Waals surface area contributed by atoms with Gasteiger partial charge in [0.2, 0.25) is 0 Å². The molecule has 0 aromatic carbocycles. The Balaban J connectivity index is 2.14. The highest BCUT2D eigenvalue weighted by Crippen LogP contribution is 2.19. The van der Waals surface area contributed by atoms with Gasteiger partial charge in [0, 0.05) is 32.8 Å². The first kappa shape index (κ1) is 21.2. The molecular formula is C19H40N4O. The Morgan fingerprint density at radius 2 is 1.96 bits per heavy atom. The lowest BCUT2D eigenvalue weighted by Gasteiger charge is -2.31. The SMILES string of the molecule is CCNC(=NCCCOCC(C)C)NCCC1CCN(CC)CC1. The molecule has 5 heteroatoms. The molecule has 0 aliphatic carbocycles. The van der Waals surface area contributed by atoms with Crippen LogP contribution in [0.2, 0.25) is 0 Å². The van der Waals surface area contributed by atoms with Crippen molar-refractivity contribution in [1.29, 1.82) is 0 Å². The molecule has 0 aromatic heterocycles. The van der Waals surface area contributed by atoms with Gasteiger partial charge in [-0.1, -0.05) is 20.8 Å². The third-order valence-corrected chi connectivity index (χ3v) is 4.51. The lowest BCUT2D eigenvalue weighted by molar-refractivity contribution is 0.109. The number of ether oxygens (including phenoxy) is 1. The standard InChI is InChI=1S/C19H40N4O/c1-5-20-19(21-11-7-15-24-16-17(3)4)22-12-8-18-9-13-23(6-2)14-10-18/h17-18H,5-16H2,1-4H3,(H2,20,21,22). The van der Waals surface area contributed by atoms with Gasteiger partial charge >= 0.3 is 0 Å². The van der Waals surface area contributed by atoms with E-state index in [4.69, 9.17) is 4.74 Å². The van der Waals surface area contributed by atoms with Crippen LogP contribution in [-0.2, 0) is 4.74 Å². The Morgan fingerprint density at radius 3 is 2.58 bits per heavy atom. The molecule has 24 heavy (non-hydrogen) atoms. The van der Waals surface area contributed by atoms with Gasteiger partial charge in [-0.2, -0.15) is 0 Å². The summed E-state index contributed by atoms with van der Waals surface area (Å²) < 4.78 is 5.60. The van der Waals surface area contributed by atoms with E-state index in [0.717, 1.165) is 51.1 Å². The normalized spacial score (nSPS) is 17.5. The van der Waals surface area contributed by atoms with Crippen LogP contribution in [0.5, 0.6) is 0 Å². The third-order valence-electron chi connectivity index (χ3n) is 4.51. The van der Waals surface area contributed by atoms with Crippen LogP contribution in [0.3, 0.4) is 0 Å². The van der Waals surface area contributed by atoms with E-state index in [-0.39, 0.29) is 0 Å². The van der Waals surface area contributed by atoms with E-state index in [2.05, 4.69) is 48.2 Å². The molecule has 5 nitrogen and oxygen atoms in total. The summed E-state index contributed by atoms with van der Waals surface area (Å²) >= 11 is 0. The van der Waals surface area contributed by atoms with Crippen LogP contribution in [0.25, 0.3) is 0 Å². The monoisotopic (exact) mass is 340 g/mol. The minimum Gasteiger partial charge on any atom is -0.381 e. The summed E-state index contributed by atoms with van der Waals surface area (Å²) in [5.74, 6) is 2.43. The first-order chi connectivity index (χ1) is 11.7. The van der Waals surface area contributed by atoms with E-state index in [9.17, 15) is 0 Å². The zero-order valence-corrected chi connectivity index (χ0v) is 16.4. The first-order valence-electron chi connectivity index (χ1n) is 9.97. The van der Waals surface area contributed by atoms with Gasteiger partial charge in [0.05, 0.1) is 0 Å². The fraction of sp³-hybridized carbons (Fsp3) is 0.947. The van der Waals surface area contributed by atoms with Crippen LogP contribution >= 0.6 is 0 Å². The summed E-state index contributed by atoms with van der Waals surface area (Å²) in [6.45, 7) is 16.9. The van der Waals surface area contributed by atoms with Crippen molar-refractivity contribution in [1.82, 2.24) is 15.5 Å². The van der Waals surface area contributed by atoms with Gasteiger partial charge in [0.15, 0.2) is 5.96 Å². The molecule has 1 aliphatic heterocycles. The molecule has 142 valence electrons. The Bertz CT molecular complexity index is 325. The molecule has 0 spiro atoms. The van der Waals surface area contributed by atoms with Crippen molar-refractivity contribution in [3.05, 3.63) is 0 Å². The molecule has 0 radical (unpaired) electrons. The van der Waals surface area contributed by atoms with Gasteiger partial charge < -0.3 is 20.3 Å². The predicted octanol–water partition coefficient (Wildman–Crippen LogP) is 2.73. The van der Waals surface area contributed by atoms with Gasteiger partial charge in [0.1, 0.15) is 0 Å². The maximum Gasteiger partial charge on any atom is 0.191 e. The largest absolute Gasteiger partial charge is 0.381 e. The topological polar surface area (TPSA) is 48.9 Å². The molecule has 0 unspecified atom stereocenters. The molecule has 0 atom stereocenters. The quantitative estimate of drug-likeness (QED) is 0.345. The molecule has 1 fully saturated rings. The third kappa shape index (κ3) is 10.1. The van der Waals surface area contributed by atoms with Gasteiger partial charge in [-0.05, 0) is 64.1 Å². The zero-order valence-electron chi connectivity index (χ0n) is 16.4. The molecule has 0 bridgehead atoms. The van der Waals surface area contributed by atoms with E-state index in [1.165, 1.54) is 38.9 Å². The minimum absolute atomic E-state index is 0.608. The molecule has 1 rings (SSSR count). The van der Waals surface area contributed by atoms with Gasteiger partial charge in [-0.3, -0.25) is 4.99 Å². The number of hydrogen-bond acceptors (Lipinski definition) is 3. The maximum atomic E-state index is 5.60. The van der Waals surface area contributed by atoms with Crippen LogP contribution in [0.15, 0.2) is 4.99 Å². The van der Waals surface area contributed by atoms with E-state index in [0.29, 0.717) is 5.92 Å². The van der Waals surface area contributed by atoms with Crippen molar-refractivity contribution in [3.8, 4) is 0 Å². The Labute approximate surface area is 149 Å². The average Bonchev–Trinajstić information content (AvgIpc) is 2.58. The highest BCUT2D eigenvalue weighted by atomic mass is 16.5. The van der Waals surface area contributed by atoms with E-state index in [1.807, 2.05) is 0 Å². The first-order valence-corrected chi connectivity index (χ1v) is 9.97. The zero-order chi connectivity index (χ0) is 17.6. The molecule has 1 heterocycles. The molecule has 1 aliphatic rings. The minimum atomic E-state index is 0.608. The Hall–Kier alpha value is -0.810. The number of guanidine groups is 1. The predicted molar refractivity (Wildman–Crippen MR) is 104 cm³/mol. The van der Waals surface area contributed by atoms with Crippen LogP contribution in [0, 0.1) is 11.8 Å². The van der Waals surface area contributed by atoms with E-state index in [1.54, 1.807) is 0 Å². The average molecular weight is 341 g/mol. The molecule has 0 aromatic rings. The summed E-state index contributed by atoms with van der Waals surface area (Å²) in [6, 6.07) is 0. The lowest BCUT2D eigenvalue weighted by Crippen LogP contribution is -2.39. The summed E-state index contributed by atoms with van der Waals surface area (Å²) in [7, 11) is 0. The van der Waals surface area contributed by atoms with Crippen molar-refractivity contribution in [3.63, 3.8) is 0 Å². The number of aliphatic imine (C=N–C) groups is 1. The second-order valence-electron chi connectivity index (χ2n) is 7.18. The highest BCUT2D eigenvalue weighted by molar-refractivity contribution is 5.79. The van der Waals surface area contributed by atoms with E-state index >= 15 is 0 Å². The Morgan fingerprint density at radius 1 is 1.21 bits per heavy atom. The summed E-state index contributed by atoms with van der Waals surface area (Å²) in [6.07, 6.45) is 4.92. The van der Waals surface area contributed by atoms with Crippen molar-refractivity contribution in [2.24, 2.45) is 16.8 Å². The van der Waals surface area contributed by atoms with Crippen LogP contribution in [-0.4, -0.2) is 63.3 Å². The number of likely N-dealkylation sites (tertiary alicyclic amines) is 1. The number of nitrogens with zero attached hydrogens (tertiary/aromatic N) is 2. The van der Waals surface area contributed by atoms with Crippen molar-refractivity contribution >= 4 is 5.96 Å². The fourth-order valence-corrected chi connectivity index (χ4v) is 3.00. The lowest BCUT2D eigenvalue weighted by atomic mass is 9.93. The highest BCUT2D eigenvalue weighted by Gasteiger charge is 2.17. The smallest absolute Gasteiger partial charge is 0.191 e. The maximum absolute atomic E-state index is 5.60. The summed E-state index contributed by atoms with van der Waals surface area (Å²) in [5, 5.41) is 6.82. The number of rotatable bonds is 11. The van der Waals surface area contributed by atoms with E-state index < -0.39 is 0 Å². The van der Waals surface area contributed by atoms with Crippen LogP contribution in [0.1, 0.15) is 53.4 Å². The molecule has 1 saturated heterocycles. The van der Waals surface area contributed by atoms with Crippen molar-refractivity contribution in [2.45, 2.75) is 53.4 Å². The van der Waals surface area contributed by atoms with Gasteiger partial charge in [-0.15, -0.1) is 0 Å². The number of nitrogens with one attached hydrogen (secondary N) is 2. The Kier molecular flexibility index (Phi) is 11.9. The summed E-state index contributed by atoms with van der Waals surface area (Å²) in [5.41, 5.74) is 0.